The van der Waals surface area contributed by atoms with E-state index in [0.29, 0.717) is 12.2 Å². The number of nitrogens with one attached hydrogen (secondary N) is 1. The van der Waals surface area contributed by atoms with Gasteiger partial charge >= 0.3 is 0 Å². The van der Waals surface area contributed by atoms with E-state index in [2.05, 4.69) is 10.4 Å². The second kappa shape index (κ2) is 7.87. The largest absolute Gasteiger partial charge is 0.310 e. The molecule has 1 aromatic carbocycles. The first-order valence-electron chi connectivity index (χ1n) is 9.02. The molecule has 2 heterocycles. The number of thioether (sulfide) groups is 1. The molecule has 0 aliphatic carbocycles. The number of amides is 1. The van der Waals surface area contributed by atoms with E-state index in [1.165, 1.54) is 23.9 Å². The third kappa shape index (κ3) is 5.14. The summed E-state index contributed by atoms with van der Waals surface area (Å²) in [5.74, 6) is 0.291. The lowest BCUT2D eigenvalue weighted by Crippen LogP contribution is -2.21. The van der Waals surface area contributed by atoms with E-state index in [0.717, 1.165) is 10.6 Å². The first-order valence-corrected chi connectivity index (χ1v) is 11.8. The summed E-state index contributed by atoms with van der Waals surface area (Å²) in [5, 5.41) is 7.46. The van der Waals surface area contributed by atoms with Crippen LogP contribution in [0.4, 0.5) is 10.2 Å². The minimum absolute atomic E-state index is 0.0332. The summed E-state index contributed by atoms with van der Waals surface area (Å²) < 4.78 is 38.4. The number of sulfone groups is 1. The average Bonchev–Trinajstić information content (AvgIpc) is 3.17. The molecule has 6 nitrogen and oxygen atoms in total. The van der Waals surface area contributed by atoms with Crippen LogP contribution in [0.25, 0.3) is 0 Å². The van der Waals surface area contributed by atoms with Crippen molar-refractivity contribution in [2.24, 2.45) is 0 Å². The van der Waals surface area contributed by atoms with Crippen molar-refractivity contribution < 1.29 is 17.6 Å². The Kier molecular flexibility index (Phi) is 5.86. The number of hydrogen-bond acceptors (Lipinski definition) is 5. The maximum Gasteiger partial charge on any atom is 0.235 e. The molecule has 28 heavy (non-hydrogen) atoms. The molecule has 9 heteroatoms. The van der Waals surface area contributed by atoms with Gasteiger partial charge in [0.1, 0.15) is 11.6 Å². The maximum atomic E-state index is 13.0. The van der Waals surface area contributed by atoms with Crippen molar-refractivity contribution in [1.29, 1.82) is 0 Å². The second-order valence-electron chi connectivity index (χ2n) is 7.96. The number of carbonyl (C=O) groups excluding carboxylic acids is 1. The van der Waals surface area contributed by atoms with Gasteiger partial charge in [-0.2, -0.15) is 5.10 Å². The number of aromatic nitrogens is 2. The van der Waals surface area contributed by atoms with Gasteiger partial charge in [-0.05, 0) is 30.7 Å². The summed E-state index contributed by atoms with van der Waals surface area (Å²) in [6.45, 7) is 6.04. The van der Waals surface area contributed by atoms with E-state index in [1.54, 1.807) is 16.8 Å². The van der Waals surface area contributed by atoms with E-state index >= 15 is 0 Å². The van der Waals surface area contributed by atoms with Crippen LogP contribution in [0.3, 0.4) is 0 Å². The molecule has 0 spiro atoms. The Balaban J connectivity index is 1.75. The quantitative estimate of drug-likeness (QED) is 0.743. The smallest absolute Gasteiger partial charge is 0.235 e. The molecule has 1 atom stereocenters. The fourth-order valence-electron chi connectivity index (χ4n) is 2.96. The van der Waals surface area contributed by atoms with Crippen molar-refractivity contribution in [3.8, 4) is 0 Å². The van der Waals surface area contributed by atoms with Gasteiger partial charge in [-0.3, -0.25) is 4.79 Å². The Bertz CT molecular complexity index is 963. The van der Waals surface area contributed by atoms with Crippen molar-refractivity contribution in [1.82, 2.24) is 9.78 Å². The highest BCUT2D eigenvalue weighted by Crippen LogP contribution is 2.31. The van der Waals surface area contributed by atoms with Gasteiger partial charge in [-0.1, -0.05) is 20.8 Å². The molecule has 1 aliphatic heterocycles. The molecule has 0 unspecified atom stereocenters. The number of anilines is 1. The van der Waals surface area contributed by atoms with Gasteiger partial charge in [0.25, 0.3) is 0 Å². The van der Waals surface area contributed by atoms with Gasteiger partial charge in [0.2, 0.25) is 5.91 Å². The number of benzene rings is 1. The average molecular weight is 426 g/mol. The number of hydrogen-bond donors (Lipinski definition) is 1. The van der Waals surface area contributed by atoms with Crippen LogP contribution < -0.4 is 5.32 Å². The lowest BCUT2D eigenvalue weighted by Gasteiger charge is -2.15. The first-order chi connectivity index (χ1) is 13.0. The normalized spacial score (nSPS) is 18.9. The van der Waals surface area contributed by atoms with Crippen LogP contribution in [-0.2, 0) is 20.0 Å². The van der Waals surface area contributed by atoms with E-state index in [9.17, 15) is 17.6 Å². The maximum absolute atomic E-state index is 13.0. The standard InChI is InChI=1S/C19H24FN3O3S2/c1-19(2,3)16-10-17(23(22-16)14-8-9-28(25,26)12-14)21-18(24)11-27-15-6-4-13(20)5-7-15/h4-7,10,14H,8-9,11-12H2,1-3H3,(H,21,24)/t14-/m0/s1. The molecule has 1 aromatic heterocycles. The van der Waals surface area contributed by atoms with Gasteiger partial charge in [0.15, 0.2) is 9.84 Å². The van der Waals surface area contributed by atoms with Crippen LogP contribution >= 0.6 is 11.8 Å². The van der Waals surface area contributed by atoms with Crippen LogP contribution in [0.5, 0.6) is 0 Å². The highest BCUT2D eigenvalue weighted by atomic mass is 32.2. The molecule has 1 N–H and O–H groups in total. The van der Waals surface area contributed by atoms with Crippen LogP contribution in [0.15, 0.2) is 35.2 Å². The van der Waals surface area contributed by atoms with Crippen molar-refractivity contribution in [2.75, 3.05) is 22.6 Å². The molecule has 3 rings (SSSR count). The van der Waals surface area contributed by atoms with Gasteiger partial charge in [0, 0.05) is 16.4 Å². The number of carbonyl (C=O) groups is 1. The molecule has 1 aliphatic rings. The van der Waals surface area contributed by atoms with Crippen LogP contribution in [0.2, 0.25) is 0 Å². The molecule has 1 fully saturated rings. The Hall–Kier alpha value is -1.87. The lowest BCUT2D eigenvalue weighted by molar-refractivity contribution is -0.113. The topological polar surface area (TPSA) is 81.1 Å². The minimum atomic E-state index is -3.07. The Morgan fingerprint density at radius 1 is 1.32 bits per heavy atom. The van der Waals surface area contributed by atoms with E-state index in [-0.39, 0.29) is 40.4 Å². The SMILES string of the molecule is CC(C)(C)c1cc(NC(=O)CSc2ccc(F)cc2)n([C@H]2CCS(=O)(=O)C2)n1. The number of halogens is 1. The summed E-state index contributed by atoms with van der Waals surface area (Å²) >= 11 is 1.30. The molecular formula is C19H24FN3O3S2. The highest BCUT2D eigenvalue weighted by Gasteiger charge is 2.32. The Morgan fingerprint density at radius 3 is 2.57 bits per heavy atom. The van der Waals surface area contributed by atoms with Crippen LogP contribution in [0, 0.1) is 5.82 Å². The minimum Gasteiger partial charge on any atom is -0.310 e. The van der Waals surface area contributed by atoms with Gasteiger partial charge in [-0.25, -0.2) is 17.5 Å². The fraction of sp³-hybridized carbons (Fsp3) is 0.474. The molecule has 1 amide bonds. The molecular weight excluding hydrogens is 401 g/mol. The number of nitrogens with zero attached hydrogens (tertiary/aromatic N) is 2. The van der Waals surface area contributed by atoms with Gasteiger partial charge < -0.3 is 5.32 Å². The predicted octanol–water partition coefficient (Wildman–Crippen LogP) is 3.41. The molecule has 0 radical (unpaired) electrons. The van der Waals surface area contributed by atoms with Crippen molar-refractivity contribution in [2.45, 2.75) is 43.5 Å². The molecule has 0 saturated carbocycles. The third-order valence-corrected chi connectivity index (χ3v) is 7.27. The monoisotopic (exact) mass is 425 g/mol. The highest BCUT2D eigenvalue weighted by molar-refractivity contribution is 8.00. The summed E-state index contributed by atoms with van der Waals surface area (Å²) in [5.41, 5.74) is 0.559. The zero-order valence-corrected chi connectivity index (χ0v) is 17.7. The zero-order valence-electron chi connectivity index (χ0n) is 16.1. The predicted molar refractivity (Wildman–Crippen MR) is 109 cm³/mol. The number of rotatable bonds is 5. The Morgan fingerprint density at radius 2 is 2.00 bits per heavy atom. The summed E-state index contributed by atoms with van der Waals surface area (Å²) in [6.07, 6.45) is 0.487. The lowest BCUT2D eigenvalue weighted by atomic mass is 9.92. The van der Waals surface area contributed by atoms with E-state index in [4.69, 9.17) is 0 Å². The van der Waals surface area contributed by atoms with Crippen molar-refractivity contribution >= 4 is 33.3 Å². The molecule has 0 bridgehead atoms. The fourth-order valence-corrected chi connectivity index (χ4v) is 5.35. The summed E-state index contributed by atoms with van der Waals surface area (Å²) in [4.78, 5) is 13.2. The van der Waals surface area contributed by atoms with Gasteiger partial charge in [-0.15, -0.1) is 11.8 Å². The summed E-state index contributed by atoms with van der Waals surface area (Å²) in [7, 11) is -3.07. The third-order valence-electron chi connectivity index (χ3n) is 4.51. The van der Waals surface area contributed by atoms with Crippen molar-refractivity contribution in [3.05, 3.63) is 41.8 Å². The van der Waals surface area contributed by atoms with E-state index < -0.39 is 9.84 Å². The first kappa shape index (κ1) is 20.9. The van der Waals surface area contributed by atoms with Crippen molar-refractivity contribution in [3.63, 3.8) is 0 Å². The summed E-state index contributed by atoms with van der Waals surface area (Å²) in [6, 6.07) is 7.49. The zero-order chi connectivity index (χ0) is 20.5. The molecule has 152 valence electrons. The van der Waals surface area contributed by atoms with Gasteiger partial charge in [0.05, 0.1) is 29.0 Å². The second-order valence-corrected chi connectivity index (χ2v) is 11.2. The van der Waals surface area contributed by atoms with E-state index in [1.807, 2.05) is 26.8 Å². The molecule has 2 aromatic rings. The van der Waals surface area contributed by atoms with Crippen LogP contribution in [0.1, 0.15) is 38.9 Å². The molecule has 1 saturated heterocycles. The van der Waals surface area contributed by atoms with Crippen LogP contribution in [-0.4, -0.2) is 41.4 Å². The Labute approximate surface area is 168 Å².